The smallest absolute Gasteiger partial charge is 0.269 e. The number of rotatable bonds is 10. The number of nitrogens with zero attached hydrogens (tertiary/aromatic N) is 2. The van der Waals surface area contributed by atoms with Crippen LogP contribution >= 0.6 is 0 Å². The van der Waals surface area contributed by atoms with E-state index in [1.807, 2.05) is 0 Å². The van der Waals surface area contributed by atoms with Crippen molar-refractivity contribution < 1.29 is 14.6 Å². The molecule has 0 aromatic heterocycles. The van der Waals surface area contributed by atoms with Gasteiger partial charge in [-0.05, 0) is 86.7 Å². The highest BCUT2D eigenvalue weighted by atomic mass is 16.6. The average molecular weight is 495 g/mol. The summed E-state index contributed by atoms with van der Waals surface area (Å²) in [6, 6.07) is 13.3. The Hall–Kier alpha value is -3.17. The van der Waals surface area contributed by atoms with Crippen molar-refractivity contribution >= 4 is 17.2 Å². The highest BCUT2D eigenvalue weighted by Crippen LogP contribution is 2.38. The third-order valence-electron chi connectivity index (χ3n) is 7.77. The predicted molar refractivity (Wildman–Crippen MR) is 137 cm³/mol. The maximum atomic E-state index is 13.6. The molecule has 0 radical (unpaired) electrons. The zero-order valence-corrected chi connectivity index (χ0v) is 20.4. The van der Waals surface area contributed by atoms with Crippen LogP contribution in [-0.2, 0) is 4.79 Å². The molecule has 9 nitrogen and oxygen atoms in total. The minimum Gasteiger partial charge on any atom is -0.316 e. The molecule has 2 aromatic rings. The van der Waals surface area contributed by atoms with Crippen molar-refractivity contribution in [3.8, 4) is 0 Å². The fourth-order valence-electron chi connectivity index (χ4n) is 5.82. The van der Waals surface area contributed by atoms with E-state index in [-0.39, 0.29) is 29.0 Å². The first-order chi connectivity index (χ1) is 17.4. The van der Waals surface area contributed by atoms with Crippen molar-refractivity contribution in [1.29, 1.82) is 0 Å². The SMILES string of the molecule is O=C(CC(c1ccc([N+](=O)[O-])cc1)C1CCCNC1)CC(c1ccc([N+](=O)[O-])cc1)C1CCCNC1. The molecule has 4 unspecified atom stereocenters. The van der Waals surface area contributed by atoms with E-state index in [0.717, 1.165) is 63.0 Å². The lowest BCUT2D eigenvalue weighted by Gasteiger charge is -2.33. The van der Waals surface area contributed by atoms with Gasteiger partial charge in [-0.1, -0.05) is 24.3 Å². The third kappa shape index (κ3) is 6.53. The first kappa shape index (κ1) is 25.9. The van der Waals surface area contributed by atoms with Crippen molar-refractivity contribution in [2.75, 3.05) is 26.2 Å². The first-order valence-electron chi connectivity index (χ1n) is 12.8. The molecule has 36 heavy (non-hydrogen) atoms. The van der Waals surface area contributed by atoms with Crippen molar-refractivity contribution in [1.82, 2.24) is 10.6 Å². The van der Waals surface area contributed by atoms with Crippen molar-refractivity contribution in [2.45, 2.75) is 50.4 Å². The van der Waals surface area contributed by atoms with Crippen LogP contribution in [0.2, 0.25) is 0 Å². The molecule has 192 valence electrons. The van der Waals surface area contributed by atoms with E-state index < -0.39 is 9.85 Å². The zero-order chi connectivity index (χ0) is 25.5. The largest absolute Gasteiger partial charge is 0.316 e. The van der Waals surface area contributed by atoms with Crippen LogP contribution in [0.1, 0.15) is 61.5 Å². The second-order valence-corrected chi connectivity index (χ2v) is 10.1. The Balaban J connectivity index is 1.54. The highest BCUT2D eigenvalue weighted by molar-refractivity contribution is 5.80. The maximum absolute atomic E-state index is 13.6. The number of Topliss-reactive ketones (excluding diaryl/α,β-unsaturated/α-hetero) is 1. The van der Waals surface area contributed by atoms with E-state index >= 15 is 0 Å². The summed E-state index contributed by atoms with van der Waals surface area (Å²) in [5.41, 5.74) is 2.03. The predicted octanol–water partition coefficient (Wildman–Crippen LogP) is 4.72. The molecule has 2 aliphatic heterocycles. The first-order valence-corrected chi connectivity index (χ1v) is 12.8. The Morgan fingerprint density at radius 1 is 0.750 bits per heavy atom. The summed E-state index contributed by atoms with van der Waals surface area (Å²) in [7, 11) is 0. The number of carbonyl (C=O) groups is 1. The van der Waals surface area contributed by atoms with Gasteiger partial charge in [0.05, 0.1) is 9.85 Å². The van der Waals surface area contributed by atoms with Crippen LogP contribution in [0.25, 0.3) is 0 Å². The normalized spacial score (nSPS) is 21.9. The molecule has 4 atom stereocenters. The number of benzene rings is 2. The number of nitro benzene ring substituents is 2. The number of ketones is 1. The van der Waals surface area contributed by atoms with Gasteiger partial charge in [-0.3, -0.25) is 25.0 Å². The fraction of sp³-hybridized carbons (Fsp3) is 0.519. The Labute approximate surface area is 211 Å². The van der Waals surface area contributed by atoms with E-state index in [1.54, 1.807) is 24.3 Å². The Bertz CT molecular complexity index is 961. The van der Waals surface area contributed by atoms with E-state index in [2.05, 4.69) is 10.6 Å². The minimum atomic E-state index is -0.404. The van der Waals surface area contributed by atoms with Crippen LogP contribution in [0.5, 0.6) is 0 Å². The van der Waals surface area contributed by atoms with Gasteiger partial charge in [0.15, 0.2) is 0 Å². The molecule has 0 spiro atoms. The van der Waals surface area contributed by atoms with Gasteiger partial charge in [0.1, 0.15) is 5.78 Å². The number of non-ortho nitro benzene ring substituents is 2. The van der Waals surface area contributed by atoms with Gasteiger partial charge in [0, 0.05) is 37.1 Å². The van der Waals surface area contributed by atoms with Gasteiger partial charge in [-0.2, -0.15) is 0 Å². The average Bonchev–Trinajstić information content (AvgIpc) is 2.91. The molecule has 2 aromatic carbocycles. The lowest BCUT2D eigenvalue weighted by atomic mass is 9.75. The summed E-state index contributed by atoms with van der Waals surface area (Å²) in [5, 5.41) is 29.1. The van der Waals surface area contributed by atoms with Crippen molar-refractivity contribution in [3.05, 3.63) is 79.9 Å². The third-order valence-corrected chi connectivity index (χ3v) is 7.77. The fourth-order valence-corrected chi connectivity index (χ4v) is 5.82. The summed E-state index contributed by atoms with van der Waals surface area (Å²) in [4.78, 5) is 35.0. The molecule has 2 saturated heterocycles. The summed E-state index contributed by atoms with van der Waals surface area (Å²) in [6.07, 6.45) is 4.88. The zero-order valence-electron chi connectivity index (χ0n) is 20.4. The monoisotopic (exact) mass is 494 g/mol. The molecule has 2 heterocycles. The molecule has 2 fully saturated rings. The van der Waals surface area contributed by atoms with E-state index in [0.29, 0.717) is 24.7 Å². The number of piperidine rings is 2. The highest BCUT2D eigenvalue weighted by Gasteiger charge is 2.31. The lowest BCUT2D eigenvalue weighted by Crippen LogP contribution is -2.35. The molecule has 0 bridgehead atoms. The van der Waals surface area contributed by atoms with Gasteiger partial charge >= 0.3 is 0 Å². The Morgan fingerprint density at radius 2 is 1.14 bits per heavy atom. The second-order valence-electron chi connectivity index (χ2n) is 10.1. The Morgan fingerprint density at radius 3 is 1.44 bits per heavy atom. The summed E-state index contributed by atoms with van der Waals surface area (Å²) in [6.45, 7) is 3.59. The number of hydrogen-bond donors (Lipinski definition) is 2. The molecular formula is C27H34N4O5. The summed E-state index contributed by atoms with van der Waals surface area (Å²) < 4.78 is 0. The van der Waals surface area contributed by atoms with Crippen LogP contribution < -0.4 is 10.6 Å². The van der Waals surface area contributed by atoms with Crippen LogP contribution in [0, 0.1) is 32.1 Å². The van der Waals surface area contributed by atoms with E-state index in [1.165, 1.54) is 24.3 Å². The maximum Gasteiger partial charge on any atom is 0.269 e. The van der Waals surface area contributed by atoms with E-state index in [9.17, 15) is 25.0 Å². The van der Waals surface area contributed by atoms with Gasteiger partial charge < -0.3 is 10.6 Å². The van der Waals surface area contributed by atoms with Crippen molar-refractivity contribution in [2.24, 2.45) is 11.8 Å². The number of carbonyl (C=O) groups excluding carboxylic acids is 1. The number of nitrogens with one attached hydrogen (secondary N) is 2. The molecule has 4 rings (SSSR count). The van der Waals surface area contributed by atoms with Gasteiger partial charge in [0.2, 0.25) is 0 Å². The van der Waals surface area contributed by atoms with Crippen LogP contribution in [-0.4, -0.2) is 41.8 Å². The second kappa shape index (κ2) is 12.2. The molecule has 9 heteroatoms. The van der Waals surface area contributed by atoms with Gasteiger partial charge in [0.25, 0.3) is 11.4 Å². The molecular weight excluding hydrogens is 460 g/mol. The van der Waals surface area contributed by atoms with Crippen LogP contribution in [0.4, 0.5) is 11.4 Å². The molecule has 2 aliphatic rings. The minimum absolute atomic E-state index is 0.00639. The molecule has 0 aliphatic carbocycles. The molecule has 0 amide bonds. The van der Waals surface area contributed by atoms with Gasteiger partial charge in [-0.25, -0.2) is 0 Å². The molecule has 0 saturated carbocycles. The number of nitro groups is 2. The Kier molecular flexibility index (Phi) is 8.77. The summed E-state index contributed by atoms with van der Waals surface area (Å²) in [5.74, 6) is 0.732. The van der Waals surface area contributed by atoms with Crippen LogP contribution in [0.3, 0.4) is 0 Å². The van der Waals surface area contributed by atoms with E-state index in [4.69, 9.17) is 0 Å². The number of hydrogen-bond acceptors (Lipinski definition) is 7. The quantitative estimate of drug-likeness (QED) is 0.361. The molecule has 2 N–H and O–H groups in total. The topological polar surface area (TPSA) is 127 Å². The standard InChI is InChI=1S/C27H34N4O5/c32-25(15-26(21-3-1-13-28-17-21)19-5-9-23(10-6-19)30(33)34)16-27(22-4-2-14-29-18-22)20-7-11-24(12-8-20)31(35)36/h5-12,21-22,26-29H,1-4,13-18H2. The van der Waals surface area contributed by atoms with Gasteiger partial charge in [-0.15, -0.1) is 0 Å². The van der Waals surface area contributed by atoms with Crippen molar-refractivity contribution in [3.63, 3.8) is 0 Å². The lowest BCUT2D eigenvalue weighted by molar-refractivity contribution is -0.385. The van der Waals surface area contributed by atoms with Crippen LogP contribution in [0.15, 0.2) is 48.5 Å². The summed E-state index contributed by atoms with van der Waals surface area (Å²) >= 11 is 0.